The summed E-state index contributed by atoms with van der Waals surface area (Å²) in [4.78, 5) is 19.0. The van der Waals surface area contributed by atoms with E-state index in [1.807, 2.05) is 17.8 Å². The maximum absolute atomic E-state index is 12.4. The van der Waals surface area contributed by atoms with Crippen LogP contribution < -0.4 is 10.2 Å². The number of hydrogen-bond donors (Lipinski definition) is 1. The van der Waals surface area contributed by atoms with Crippen molar-refractivity contribution in [2.75, 3.05) is 30.8 Å². The average Bonchev–Trinajstić information content (AvgIpc) is 2.61. The first-order valence-corrected chi connectivity index (χ1v) is 9.82. The molecule has 1 N–H and O–H groups in total. The molecule has 1 aromatic heterocycles. The Hall–Kier alpha value is -1.74. The summed E-state index contributed by atoms with van der Waals surface area (Å²) in [7, 11) is 0. The van der Waals surface area contributed by atoms with Crippen molar-refractivity contribution < 1.29 is 4.79 Å². The van der Waals surface area contributed by atoms with Crippen LogP contribution in [-0.2, 0) is 4.79 Å². The predicted molar refractivity (Wildman–Crippen MR) is 97.0 cm³/mol. The van der Waals surface area contributed by atoms with Crippen molar-refractivity contribution in [1.29, 1.82) is 5.26 Å². The topological polar surface area (TPSA) is 69.0 Å². The molecule has 1 saturated carbocycles. The molecule has 1 saturated heterocycles. The second kappa shape index (κ2) is 7.43. The van der Waals surface area contributed by atoms with Crippen LogP contribution in [0.1, 0.15) is 37.7 Å². The summed E-state index contributed by atoms with van der Waals surface area (Å²) >= 11 is 1.89. The Balaban J connectivity index is 1.47. The number of piperidine rings is 1. The first-order chi connectivity index (χ1) is 11.7. The third-order valence-electron chi connectivity index (χ3n) is 5.35. The zero-order valence-electron chi connectivity index (χ0n) is 14.1. The molecule has 1 amide bonds. The monoisotopic (exact) mass is 344 g/mol. The molecule has 128 valence electrons. The average molecular weight is 344 g/mol. The number of nitrogens with one attached hydrogen (secondary N) is 1. The molecule has 0 spiro atoms. The Labute approximate surface area is 147 Å². The van der Waals surface area contributed by atoms with Crippen LogP contribution in [0.4, 0.5) is 5.82 Å². The fourth-order valence-corrected chi connectivity index (χ4v) is 4.34. The molecule has 2 heterocycles. The van der Waals surface area contributed by atoms with E-state index in [4.69, 9.17) is 5.26 Å². The summed E-state index contributed by atoms with van der Waals surface area (Å²) in [5, 5.41) is 12.0. The van der Waals surface area contributed by atoms with E-state index in [9.17, 15) is 4.79 Å². The van der Waals surface area contributed by atoms with E-state index in [0.29, 0.717) is 10.3 Å². The summed E-state index contributed by atoms with van der Waals surface area (Å²) in [6, 6.07) is 5.76. The fraction of sp³-hybridized carbons (Fsp3) is 0.611. The molecular weight excluding hydrogens is 320 g/mol. The smallest absolute Gasteiger partial charge is 0.223 e. The molecule has 3 rings (SSSR count). The van der Waals surface area contributed by atoms with Crippen molar-refractivity contribution in [3.8, 4) is 6.07 Å². The summed E-state index contributed by atoms with van der Waals surface area (Å²) in [6.07, 6.45) is 9.20. The van der Waals surface area contributed by atoms with Crippen LogP contribution >= 0.6 is 11.8 Å². The van der Waals surface area contributed by atoms with Crippen LogP contribution in [0.25, 0.3) is 0 Å². The summed E-state index contributed by atoms with van der Waals surface area (Å²) in [5.41, 5.74) is 0.576. The first kappa shape index (κ1) is 17.1. The van der Waals surface area contributed by atoms with Gasteiger partial charge in [0.05, 0.1) is 5.56 Å². The third kappa shape index (κ3) is 3.67. The molecule has 24 heavy (non-hydrogen) atoms. The first-order valence-electron chi connectivity index (χ1n) is 8.60. The van der Waals surface area contributed by atoms with E-state index in [1.54, 1.807) is 12.3 Å². The molecule has 5 nitrogen and oxygen atoms in total. The Morgan fingerprint density at radius 2 is 2.21 bits per heavy atom. The Bertz CT molecular complexity index is 607. The molecule has 0 bridgehead atoms. The van der Waals surface area contributed by atoms with E-state index in [0.717, 1.165) is 38.3 Å². The molecule has 0 aromatic carbocycles. The van der Waals surface area contributed by atoms with Crippen LogP contribution in [0.15, 0.2) is 18.3 Å². The molecular formula is C18H24N4OS. The SMILES string of the molecule is CSC1(CNC(=O)C2CCN(c3ccc(C#N)cn3)CC2)CCC1. The lowest BCUT2D eigenvalue weighted by atomic mass is 9.84. The van der Waals surface area contributed by atoms with Gasteiger partial charge in [-0.25, -0.2) is 4.98 Å². The number of carbonyl (C=O) groups excluding carboxylic acids is 1. The van der Waals surface area contributed by atoms with Crippen molar-refractivity contribution >= 4 is 23.5 Å². The van der Waals surface area contributed by atoms with Gasteiger partial charge in [-0.2, -0.15) is 17.0 Å². The highest BCUT2D eigenvalue weighted by Crippen LogP contribution is 2.42. The van der Waals surface area contributed by atoms with Gasteiger partial charge in [0.25, 0.3) is 0 Å². The van der Waals surface area contributed by atoms with Gasteiger partial charge in [-0.15, -0.1) is 0 Å². The number of nitrogens with zero attached hydrogens (tertiary/aromatic N) is 3. The highest BCUT2D eigenvalue weighted by Gasteiger charge is 2.37. The minimum atomic E-state index is 0.110. The Kier molecular flexibility index (Phi) is 5.30. The van der Waals surface area contributed by atoms with Crippen LogP contribution in [0.3, 0.4) is 0 Å². The molecule has 1 aliphatic heterocycles. The summed E-state index contributed by atoms with van der Waals surface area (Å²) in [5.74, 6) is 1.21. The predicted octanol–water partition coefficient (Wildman–Crippen LogP) is 2.57. The number of hydrogen-bond acceptors (Lipinski definition) is 5. The maximum Gasteiger partial charge on any atom is 0.223 e. The molecule has 2 fully saturated rings. The van der Waals surface area contributed by atoms with Crippen LogP contribution in [0.5, 0.6) is 0 Å². The highest BCUT2D eigenvalue weighted by atomic mass is 32.2. The van der Waals surface area contributed by atoms with Crippen molar-refractivity contribution in [2.45, 2.75) is 36.9 Å². The Morgan fingerprint density at radius 1 is 1.46 bits per heavy atom. The zero-order chi connectivity index (χ0) is 17.0. The lowest BCUT2D eigenvalue weighted by Crippen LogP contribution is -2.48. The molecule has 0 radical (unpaired) electrons. The van der Waals surface area contributed by atoms with Gasteiger partial charge in [-0.1, -0.05) is 6.42 Å². The summed E-state index contributed by atoms with van der Waals surface area (Å²) < 4.78 is 0.294. The van der Waals surface area contributed by atoms with Gasteiger partial charge < -0.3 is 10.2 Å². The lowest BCUT2D eigenvalue weighted by molar-refractivity contribution is -0.125. The Morgan fingerprint density at radius 3 is 2.71 bits per heavy atom. The van der Waals surface area contributed by atoms with Crippen LogP contribution in [0.2, 0.25) is 0 Å². The molecule has 1 aliphatic carbocycles. The molecule has 0 atom stereocenters. The number of carbonyl (C=O) groups is 1. The number of anilines is 1. The molecule has 0 unspecified atom stereocenters. The third-order valence-corrected chi connectivity index (χ3v) is 6.77. The maximum atomic E-state index is 12.4. The highest BCUT2D eigenvalue weighted by molar-refractivity contribution is 8.00. The zero-order valence-corrected chi connectivity index (χ0v) is 14.9. The number of nitriles is 1. The van der Waals surface area contributed by atoms with E-state index in [1.165, 1.54) is 19.3 Å². The van der Waals surface area contributed by atoms with Crippen molar-refractivity contribution in [1.82, 2.24) is 10.3 Å². The van der Waals surface area contributed by atoms with Crippen LogP contribution in [-0.4, -0.2) is 41.5 Å². The van der Waals surface area contributed by atoms with Gasteiger partial charge in [-0.05, 0) is 44.1 Å². The second-order valence-corrected chi connectivity index (χ2v) is 8.01. The second-order valence-electron chi connectivity index (χ2n) is 6.74. The van der Waals surface area contributed by atoms with Gasteiger partial charge >= 0.3 is 0 Å². The van der Waals surface area contributed by atoms with Crippen molar-refractivity contribution in [3.05, 3.63) is 23.9 Å². The standard InChI is InChI=1S/C18H24N4OS/c1-24-18(7-2-8-18)13-21-17(23)15-5-9-22(10-6-15)16-4-3-14(11-19)12-20-16/h3-4,12,15H,2,5-10,13H2,1H3,(H,21,23). The number of amides is 1. The molecule has 1 aromatic rings. The number of pyridine rings is 1. The quantitative estimate of drug-likeness (QED) is 0.889. The largest absolute Gasteiger partial charge is 0.357 e. The fourth-order valence-electron chi connectivity index (χ4n) is 3.43. The molecule has 2 aliphatic rings. The van der Waals surface area contributed by atoms with Crippen molar-refractivity contribution in [2.24, 2.45) is 5.92 Å². The summed E-state index contributed by atoms with van der Waals surface area (Å²) in [6.45, 7) is 2.49. The molecule has 6 heteroatoms. The van der Waals surface area contributed by atoms with E-state index in [2.05, 4.69) is 27.5 Å². The van der Waals surface area contributed by atoms with Gasteiger partial charge in [0.1, 0.15) is 11.9 Å². The van der Waals surface area contributed by atoms with Crippen LogP contribution in [0, 0.1) is 17.2 Å². The van der Waals surface area contributed by atoms with Gasteiger partial charge in [0, 0.05) is 36.5 Å². The van der Waals surface area contributed by atoms with Gasteiger partial charge in [0.15, 0.2) is 0 Å². The van der Waals surface area contributed by atoms with Gasteiger partial charge in [0.2, 0.25) is 5.91 Å². The minimum absolute atomic E-state index is 0.110. The lowest BCUT2D eigenvalue weighted by Gasteiger charge is -2.41. The van der Waals surface area contributed by atoms with Gasteiger partial charge in [-0.3, -0.25) is 4.79 Å². The number of rotatable bonds is 5. The van der Waals surface area contributed by atoms with Crippen molar-refractivity contribution in [3.63, 3.8) is 0 Å². The number of thioether (sulfide) groups is 1. The van der Waals surface area contributed by atoms with E-state index >= 15 is 0 Å². The van der Waals surface area contributed by atoms with E-state index in [-0.39, 0.29) is 11.8 Å². The van der Waals surface area contributed by atoms with E-state index < -0.39 is 0 Å². The minimum Gasteiger partial charge on any atom is -0.357 e. The normalized spacial score (nSPS) is 20.1. The number of aromatic nitrogens is 1.